The molecule has 0 saturated heterocycles. The third-order valence-corrected chi connectivity index (χ3v) is 1.99. The molecule has 2 heteroatoms. The van der Waals surface area contributed by atoms with Gasteiger partial charge in [-0.05, 0) is 26.0 Å². The van der Waals surface area contributed by atoms with Crippen LogP contribution in [-0.4, -0.2) is 12.7 Å². The summed E-state index contributed by atoms with van der Waals surface area (Å²) in [5.74, 6) is 1.70. The van der Waals surface area contributed by atoms with Crippen LogP contribution < -0.4 is 9.47 Å². The Balaban J connectivity index is 2.36. The highest BCUT2D eigenvalue weighted by atomic mass is 16.5. The van der Waals surface area contributed by atoms with E-state index in [0.29, 0.717) is 6.61 Å². The first-order chi connectivity index (χ1) is 6.77. The second-order valence-corrected chi connectivity index (χ2v) is 3.55. The van der Waals surface area contributed by atoms with Crippen molar-refractivity contribution in [3.63, 3.8) is 0 Å². The molecule has 2 rings (SSSR count). The molecule has 1 aliphatic heterocycles. The molecule has 0 amide bonds. The van der Waals surface area contributed by atoms with E-state index in [9.17, 15) is 0 Å². The summed E-state index contributed by atoms with van der Waals surface area (Å²) >= 11 is 0. The normalized spacial score (nSPS) is 13.6. The van der Waals surface area contributed by atoms with Gasteiger partial charge in [-0.1, -0.05) is 18.2 Å². The molecular weight excluding hydrogens is 176 g/mol. The van der Waals surface area contributed by atoms with E-state index < -0.39 is 0 Å². The van der Waals surface area contributed by atoms with Crippen LogP contribution in [0.4, 0.5) is 0 Å². The first-order valence-corrected chi connectivity index (χ1v) is 4.86. The van der Waals surface area contributed by atoms with Crippen LogP contribution >= 0.6 is 0 Å². The maximum absolute atomic E-state index is 5.65. The lowest BCUT2D eigenvalue weighted by molar-refractivity contribution is 0.225. The van der Waals surface area contributed by atoms with Gasteiger partial charge in [0.2, 0.25) is 0 Å². The molecule has 0 radical (unpaired) electrons. The van der Waals surface area contributed by atoms with E-state index in [-0.39, 0.29) is 6.10 Å². The zero-order chi connectivity index (χ0) is 9.97. The number of fused-ring (bicyclic) bond motifs is 1. The number of para-hydroxylation sites is 1. The van der Waals surface area contributed by atoms with Gasteiger partial charge in [0.1, 0.15) is 6.61 Å². The maximum atomic E-state index is 5.65. The van der Waals surface area contributed by atoms with Gasteiger partial charge in [0.15, 0.2) is 11.5 Å². The minimum Gasteiger partial charge on any atom is -0.487 e. The van der Waals surface area contributed by atoms with Crippen LogP contribution in [-0.2, 0) is 0 Å². The van der Waals surface area contributed by atoms with Gasteiger partial charge in [-0.25, -0.2) is 0 Å². The van der Waals surface area contributed by atoms with E-state index >= 15 is 0 Å². The summed E-state index contributed by atoms with van der Waals surface area (Å²) in [7, 11) is 0. The van der Waals surface area contributed by atoms with Gasteiger partial charge in [0.25, 0.3) is 0 Å². The van der Waals surface area contributed by atoms with E-state index in [2.05, 4.69) is 6.08 Å². The molecule has 1 heterocycles. The highest BCUT2D eigenvalue weighted by molar-refractivity contribution is 5.64. The Morgan fingerprint density at radius 1 is 1.36 bits per heavy atom. The monoisotopic (exact) mass is 190 g/mol. The van der Waals surface area contributed by atoms with Crippen molar-refractivity contribution >= 4 is 6.08 Å². The molecule has 0 saturated carbocycles. The first kappa shape index (κ1) is 9.13. The minimum atomic E-state index is 0.177. The topological polar surface area (TPSA) is 18.5 Å². The molecule has 14 heavy (non-hydrogen) atoms. The summed E-state index contributed by atoms with van der Waals surface area (Å²) in [6, 6.07) is 5.95. The van der Waals surface area contributed by atoms with Gasteiger partial charge in [-0.3, -0.25) is 0 Å². The summed E-state index contributed by atoms with van der Waals surface area (Å²) in [6.45, 7) is 4.65. The molecular formula is C12H14O2. The standard InChI is InChI=1S/C12H14O2/c1-9(2)14-11-7-3-5-10-6-4-8-13-12(10)11/h3-7,9H,8H2,1-2H3. The lowest BCUT2D eigenvalue weighted by Crippen LogP contribution is -2.09. The Labute approximate surface area is 84.2 Å². The van der Waals surface area contributed by atoms with Crippen LogP contribution in [0.15, 0.2) is 24.3 Å². The van der Waals surface area contributed by atoms with Crippen LogP contribution in [0, 0.1) is 0 Å². The van der Waals surface area contributed by atoms with E-state index in [0.717, 1.165) is 17.1 Å². The highest BCUT2D eigenvalue weighted by Gasteiger charge is 2.12. The number of hydrogen-bond acceptors (Lipinski definition) is 2. The van der Waals surface area contributed by atoms with E-state index in [1.165, 1.54) is 0 Å². The molecule has 0 aromatic heterocycles. The van der Waals surface area contributed by atoms with Gasteiger partial charge >= 0.3 is 0 Å². The van der Waals surface area contributed by atoms with Crippen molar-refractivity contribution in [1.29, 1.82) is 0 Å². The number of rotatable bonds is 2. The quantitative estimate of drug-likeness (QED) is 0.714. The summed E-state index contributed by atoms with van der Waals surface area (Å²) < 4.78 is 11.2. The molecule has 2 nitrogen and oxygen atoms in total. The van der Waals surface area contributed by atoms with Crippen molar-refractivity contribution in [3.8, 4) is 11.5 Å². The molecule has 0 spiro atoms. The number of benzene rings is 1. The molecule has 0 aliphatic carbocycles. The van der Waals surface area contributed by atoms with Crippen molar-refractivity contribution in [2.75, 3.05) is 6.61 Å². The maximum Gasteiger partial charge on any atom is 0.168 e. The second-order valence-electron chi connectivity index (χ2n) is 3.55. The van der Waals surface area contributed by atoms with Crippen molar-refractivity contribution in [2.45, 2.75) is 20.0 Å². The second kappa shape index (κ2) is 3.74. The van der Waals surface area contributed by atoms with Gasteiger partial charge in [-0.2, -0.15) is 0 Å². The zero-order valence-electron chi connectivity index (χ0n) is 8.49. The smallest absolute Gasteiger partial charge is 0.168 e. The molecule has 0 N–H and O–H groups in total. The molecule has 1 aliphatic rings. The van der Waals surface area contributed by atoms with Crippen LogP contribution in [0.3, 0.4) is 0 Å². The first-order valence-electron chi connectivity index (χ1n) is 4.86. The van der Waals surface area contributed by atoms with E-state index in [1.54, 1.807) is 0 Å². The highest BCUT2D eigenvalue weighted by Crippen LogP contribution is 2.34. The third-order valence-electron chi connectivity index (χ3n) is 1.99. The molecule has 0 atom stereocenters. The molecule has 1 aromatic rings. The molecule has 0 unspecified atom stereocenters. The van der Waals surface area contributed by atoms with E-state index in [1.807, 2.05) is 38.1 Å². The fourth-order valence-corrected chi connectivity index (χ4v) is 1.47. The average molecular weight is 190 g/mol. The van der Waals surface area contributed by atoms with Gasteiger partial charge < -0.3 is 9.47 Å². The van der Waals surface area contributed by atoms with Gasteiger partial charge in [0.05, 0.1) is 6.10 Å². The predicted octanol–water partition coefficient (Wildman–Crippen LogP) is 2.88. The Bertz CT molecular complexity index is 353. The zero-order valence-corrected chi connectivity index (χ0v) is 8.49. The van der Waals surface area contributed by atoms with Crippen LogP contribution in [0.5, 0.6) is 11.5 Å². The summed E-state index contributed by atoms with van der Waals surface area (Å²) in [6.07, 6.45) is 4.24. The Morgan fingerprint density at radius 3 is 3.00 bits per heavy atom. The molecule has 0 fully saturated rings. The third kappa shape index (κ3) is 1.74. The van der Waals surface area contributed by atoms with Crippen LogP contribution in [0.25, 0.3) is 6.08 Å². The van der Waals surface area contributed by atoms with Crippen molar-refractivity contribution in [1.82, 2.24) is 0 Å². The van der Waals surface area contributed by atoms with Crippen molar-refractivity contribution in [2.24, 2.45) is 0 Å². The summed E-state index contributed by atoms with van der Waals surface area (Å²) in [5, 5.41) is 0. The van der Waals surface area contributed by atoms with Gasteiger partial charge in [-0.15, -0.1) is 0 Å². The van der Waals surface area contributed by atoms with Crippen LogP contribution in [0.1, 0.15) is 19.4 Å². The van der Waals surface area contributed by atoms with Gasteiger partial charge in [0, 0.05) is 5.56 Å². The summed E-state index contributed by atoms with van der Waals surface area (Å²) in [5.41, 5.74) is 1.09. The Morgan fingerprint density at radius 2 is 2.21 bits per heavy atom. The largest absolute Gasteiger partial charge is 0.487 e. The van der Waals surface area contributed by atoms with Crippen molar-refractivity contribution in [3.05, 3.63) is 29.8 Å². The molecule has 74 valence electrons. The van der Waals surface area contributed by atoms with E-state index in [4.69, 9.17) is 9.47 Å². The number of ether oxygens (including phenoxy) is 2. The summed E-state index contributed by atoms with van der Waals surface area (Å²) in [4.78, 5) is 0. The lowest BCUT2D eigenvalue weighted by atomic mass is 10.1. The minimum absolute atomic E-state index is 0.177. The number of hydrogen-bond donors (Lipinski definition) is 0. The molecule has 0 bridgehead atoms. The Kier molecular flexibility index (Phi) is 2.44. The molecule has 1 aromatic carbocycles. The fourth-order valence-electron chi connectivity index (χ4n) is 1.47. The average Bonchev–Trinajstić information content (AvgIpc) is 2.18. The SMILES string of the molecule is CC(C)Oc1cccc2c1OCC=C2. The van der Waals surface area contributed by atoms with Crippen LogP contribution in [0.2, 0.25) is 0 Å². The predicted molar refractivity (Wildman–Crippen MR) is 56.7 cm³/mol. The Hall–Kier alpha value is -1.44. The van der Waals surface area contributed by atoms with Crippen molar-refractivity contribution < 1.29 is 9.47 Å². The fraction of sp³-hybridized carbons (Fsp3) is 0.333. The lowest BCUT2D eigenvalue weighted by Gasteiger charge is -2.18.